The van der Waals surface area contributed by atoms with Gasteiger partial charge in [-0.15, -0.1) is 0 Å². The highest BCUT2D eigenvalue weighted by atomic mass is 16.5. The average molecular weight is 374 g/mol. The lowest BCUT2D eigenvalue weighted by Gasteiger charge is -2.11. The number of nitrogens with one attached hydrogen (secondary N) is 1. The van der Waals surface area contributed by atoms with Gasteiger partial charge in [-0.25, -0.2) is 4.98 Å². The van der Waals surface area contributed by atoms with E-state index in [1.807, 2.05) is 48.5 Å². The molecule has 0 spiro atoms. The zero-order valence-electron chi connectivity index (χ0n) is 15.4. The molecular weight excluding hydrogens is 356 g/mol. The highest BCUT2D eigenvalue weighted by Crippen LogP contribution is 2.31. The van der Waals surface area contributed by atoms with E-state index >= 15 is 0 Å². The lowest BCUT2D eigenvalue weighted by atomic mass is 10.1. The van der Waals surface area contributed by atoms with Crippen LogP contribution in [0.2, 0.25) is 0 Å². The summed E-state index contributed by atoms with van der Waals surface area (Å²) in [4.78, 5) is 17.3. The number of hydrogen-bond acceptors (Lipinski definition) is 5. The highest BCUT2D eigenvalue weighted by molar-refractivity contribution is 6.06. The molecule has 6 nitrogen and oxygen atoms in total. The van der Waals surface area contributed by atoms with E-state index in [0.717, 1.165) is 5.52 Å². The maximum absolute atomic E-state index is 12.8. The van der Waals surface area contributed by atoms with Crippen LogP contribution in [0.1, 0.15) is 10.4 Å². The number of methoxy groups -OCH3 is 2. The van der Waals surface area contributed by atoms with Crippen LogP contribution in [0.3, 0.4) is 0 Å². The van der Waals surface area contributed by atoms with Gasteiger partial charge in [0.25, 0.3) is 5.91 Å². The zero-order chi connectivity index (χ0) is 19.5. The Morgan fingerprint density at radius 1 is 0.929 bits per heavy atom. The molecule has 0 atom stereocenters. The molecule has 3 aromatic carbocycles. The SMILES string of the molecule is COc1ccc(C(=O)Nc2ccccc2-c2nc3ccccc3o2)cc1OC. The number of ether oxygens (including phenoxy) is 2. The topological polar surface area (TPSA) is 73.6 Å². The number of oxazole rings is 1. The lowest BCUT2D eigenvalue weighted by Crippen LogP contribution is -2.13. The van der Waals surface area contributed by atoms with E-state index in [9.17, 15) is 4.79 Å². The predicted octanol–water partition coefficient (Wildman–Crippen LogP) is 4.76. The summed E-state index contributed by atoms with van der Waals surface area (Å²) in [6, 6.07) is 19.9. The second kappa shape index (κ2) is 7.44. The molecule has 1 amide bonds. The molecule has 0 aliphatic carbocycles. The quantitative estimate of drug-likeness (QED) is 0.545. The molecule has 0 aliphatic heterocycles. The Balaban J connectivity index is 1.66. The second-order valence-corrected chi connectivity index (χ2v) is 6.06. The number of carbonyl (C=O) groups is 1. The Bertz CT molecular complexity index is 1120. The van der Waals surface area contributed by atoms with Crippen molar-refractivity contribution in [3.05, 3.63) is 72.3 Å². The molecule has 1 heterocycles. The molecule has 4 aromatic rings. The second-order valence-electron chi connectivity index (χ2n) is 6.06. The number of hydrogen-bond donors (Lipinski definition) is 1. The standard InChI is InChI=1S/C22H18N2O4/c1-26-19-12-11-14(13-20(19)27-2)21(25)23-16-8-4-3-7-15(16)22-24-17-9-5-6-10-18(17)28-22/h3-13H,1-2H3,(H,23,25). The van der Waals surface area contributed by atoms with Gasteiger partial charge in [-0.05, 0) is 42.5 Å². The molecule has 0 saturated carbocycles. The van der Waals surface area contributed by atoms with Crippen molar-refractivity contribution in [2.75, 3.05) is 19.5 Å². The van der Waals surface area contributed by atoms with E-state index in [-0.39, 0.29) is 5.91 Å². The van der Waals surface area contributed by atoms with Gasteiger partial charge in [0.15, 0.2) is 17.1 Å². The summed E-state index contributed by atoms with van der Waals surface area (Å²) >= 11 is 0. The van der Waals surface area contributed by atoms with Gasteiger partial charge in [-0.1, -0.05) is 24.3 Å². The molecule has 140 valence electrons. The first-order valence-electron chi connectivity index (χ1n) is 8.68. The molecule has 6 heteroatoms. The van der Waals surface area contributed by atoms with E-state index in [2.05, 4.69) is 10.3 Å². The molecule has 0 bridgehead atoms. The van der Waals surface area contributed by atoms with Gasteiger partial charge >= 0.3 is 0 Å². The number of amides is 1. The van der Waals surface area contributed by atoms with Crippen LogP contribution in [0.15, 0.2) is 71.1 Å². The van der Waals surface area contributed by atoms with Crippen molar-refractivity contribution < 1.29 is 18.7 Å². The summed E-state index contributed by atoms with van der Waals surface area (Å²) in [7, 11) is 3.08. The fourth-order valence-electron chi connectivity index (χ4n) is 2.94. The third kappa shape index (κ3) is 3.27. The lowest BCUT2D eigenvalue weighted by molar-refractivity contribution is 0.102. The van der Waals surface area contributed by atoms with Gasteiger partial charge in [-0.3, -0.25) is 4.79 Å². The molecule has 0 fully saturated rings. The van der Waals surface area contributed by atoms with Gasteiger partial charge in [-0.2, -0.15) is 0 Å². The molecule has 4 rings (SSSR count). The number of benzene rings is 3. The number of anilines is 1. The van der Waals surface area contributed by atoms with Gasteiger partial charge in [0, 0.05) is 5.56 Å². The molecule has 28 heavy (non-hydrogen) atoms. The van der Waals surface area contributed by atoms with Crippen molar-refractivity contribution in [3.63, 3.8) is 0 Å². The minimum atomic E-state index is -0.274. The summed E-state index contributed by atoms with van der Waals surface area (Å²) in [6.07, 6.45) is 0. The number of aromatic nitrogens is 1. The van der Waals surface area contributed by atoms with E-state index in [1.165, 1.54) is 7.11 Å². The highest BCUT2D eigenvalue weighted by Gasteiger charge is 2.16. The minimum absolute atomic E-state index is 0.274. The molecule has 0 unspecified atom stereocenters. The zero-order valence-corrected chi connectivity index (χ0v) is 15.4. The molecule has 0 saturated heterocycles. The van der Waals surface area contributed by atoms with Crippen LogP contribution in [0.5, 0.6) is 11.5 Å². The van der Waals surface area contributed by atoms with Crippen LogP contribution in [0, 0.1) is 0 Å². The predicted molar refractivity (Wildman–Crippen MR) is 107 cm³/mol. The van der Waals surface area contributed by atoms with Gasteiger partial charge in [0.1, 0.15) is 5.52 Å². The number of nitrogens with zero attached hydrogens (tertiary/aromatic N) is 1. The third-order valence-corrected chi connectivity index (χ3v) is 4.35. The normalized spacial score (nSPS) is 10.6. The van der Waals surface area contributed by atoms with Crippen LogP contribution in [0.4, 0.5) is 5.69 Å². The minimum Gasteiger partial charge on any atom is -0.493 e. The van der Waals surface area contributed by atoms with Crippen molar-refractivity contribution in [3.8, 4) is 23.0 Å². The van der Waals surface area contributed by atoms with Gasteiger partial charge in [0.05, 0.1) is 25.5 Å². The number of para-hydroxylation sites is 3. The van der Waals surface area contributed by atoms with Gasteiger partial charge < -0.3 is 19.2 Å². The molecule has 1 N–H and O–H groups in total. The number of carbonyl (C=O) groups excluding carboxylic acids is 1. The van der Waals surface area contributed by atoms with E-state index in [1.54, 1.807) is 25.3 Å². The monoisotopic (exact) mass is 374 g/mol. The molecular formula is C22H18N2O4. The van der Waals surface area contributed by atoms with Crippen LogP contribution < -0.4 is 14.8 Å². The largest absolute Gasteiger partial charge is 0.493 e. The summed E-state index contributed by atoms with van der Waals surface area (Å²) in [5.74, 6) is 1.22. The Kier molecular flexibility index (Phi) is 4.68. The maximum Gasteiger partial charge on any atom is 0.255 e. The fourth-order valence-corrected chi connectivity index (χ4v) is 2.94. The van der Waals surface area contributed by atoms with Crippen LogP contribution in [-0.4, -0.2) is 25.1 Å². The van der Waals surface area contributed by atoms with E-state index in [0.29, 0.717) is 39.8 Å². The summed E-state index contributed by atoms with van der Waals surface area (Å²) in [5, 5.41) is 2.92. The van der Waals surface area contributed by atoms with Crippen molar-refractivity contribution in [1.82, 2.24) is 4.98 Å². The van der Waals surface area contributed by atoms with Crippen molar-refractivity contribution in [2.24, 2.45) is 0 Å². The number of fused-ring (bicyclic) bond motifs is 1. The van der Waals surface area contributed by atoms with Crippen LogP contribution >= 0.6 is 0 Å². The first kappa shape index (κ1) is 17.6. The summed E-state index contributed by atoms with van der Waals surface area (Å²) in [6.45, 7) is 0. The Labute approximate surface area is 161 Å². The maximum atomic E-state index is 12.8. The van der Waals surface area contributed by atoms with E-state index < -0.39 is 0 Å². The fraction of sp³-hybridized carbons (Fsp3) is 0.0909. The third-order valence-electron chi connectivity index (χ3n) is 4.35. The Morgan fingerprint density at radius 2 is 1.68 bits per heavy atom. The first-order chi connectivity index (χ1) is 13.7. The molecule has 0 radical (unpaired) electrons. The van der Waals surface area contributed by atoms with Crippen molar-refractivity contribution in [1.29, 1.82) is 0 Å². The Morgan fingerprint density at radius 3 is 2.46 bits per heavy atom. The number of rotatable bonds is 5. The van der Waals surface area contributed by atoms with Crippen LogP contribution in [-0.2, 0) is 0 Å². The Hall–Kier alpha value is -3.80. The molecule has 0 aliphatic rings. The summed E-state index contributed by atoms with van der Waals surface area (Å²) in [5.41, 5.74) is 3.21. The molecule has 1 aromatic heterocycles. The first-order valence-corrected chi connectivity index (χ1v) is 8.68. The van der Waals surface area contributed by atoms with Crippen molar-refractivity contribution in [2.45, 2.75) is 0 Å². The van der Waals surface area contributed by atoms with Crippen LogP contribution in [0.25, 0.3) is 22.6 Å². The smallest absolute Gasteiger partial charge is 0.255 e. The van der Waals surface area contributed by atoms with Crippen molar-refractivity contribution >= 4 is 22.7 Å². The summed E-state index contributed by atoms with van der Waals surface area (Å²) < 4.78 is 16.3. The average Bonchev–Trinajstić information content (AvgIpc) is 3.17. The van der Waals surface area contributed by atoms with Gasteiger partial charge in [0.2, 0.25) is 5.89 Å². The van der Waals surface area contributed by atoms with E-state index in [4.69, 9.17) is 13.9 Å².